The van der Waals surface area contributed by atoms with Crippen LogP contribution in [0.1, 0.15) is 18.3 Å². The molecule has 7 heteroatoms. The van der Waals surface area contributed by atoms with Crippen LogP contribution in [0.3, 0.4) is 0 Å². The largest absolute Gasteiger partial charge is 0.497 e. The van der Waals surface area contributed by atoms with Gasteiger partial charge in [0.25, 0.3) is 0 Å². The van der Waals surface area contributed by atoms with Crippen molar-refractivity contribution in [1.82, 2.24) is 14.8 Å². The predicted octanol–water partition coefficient (Wildman–Crippen LogP) is 5.38. The van der Waals surface area contributed by atoms with E-state index in [9.17, 15) is 4.79 Å². The van der Waals surface area contributed by atoms with Crippen LogP contribution in [0.4, 0.5) is 5.69 Å². The van der Waals surface area contributed by atoms with Gasteiger partial charge < -0.3 is 10.1 Å². The fourth-order valence-corrected chi connectivity index (χ4v) is 4.51. The van der Waals surface area contributed by atoms with Crippen molar-refractivity contribution in [1.29, 1.82) is 0 Å². The van der Waals surface area contributed by atoms with Gasteiger partial charge in [0.15, 0.2) is 0 Å². The molecule has 0 fully saturated rings. The molecule has 0 aliphatic heterocycles. The van der Waals surface area contributed by atoms with Crippen LogP contribution >= 0.6 is 11.8 Å². The molecule has 6 nitrogen and oxygen atoms in total. The predicted molar refractivity (Wildman–Crippen MR) is 130 cm³/mol. The van der Waals surface area contributed by atoms with E-state index in [0.717, 1.165) is 49.9 Å². The highest BCUT2D eigenvalue weighted by atomic mass is 32.2. The van der Waals surface area contributed by atoms with Crippen LogP contribution in [0.2, 0.25) is 0 Å². The van der Waals surface area contributed by atoms with Crippen molar-refractivity contribution in [3.8, 4) is 16.9 Å². The van der Waals surface area contributed by atoms with Crippen LogP contribution in [-0.2, 0) is 11.8 Å². The quantitative estimate of drug-likeness (QED) is 0.403. The Hall–Kier alpha value is -3.32. The number of hydrogen-bond donors (Lipinski definition) is 1. The van der Waals surface area contributed by atoms with Gasteiger partial charge in [-0.25, -0.2) is 4.98 Å². The molecule has 0 spiro atoms. The molecule has 4 aromatic rings. The lowest BCUT2D eigenvalue weighted by Gasteiger charge is -2.14. The van der Waals surface area contributed by atoms with Crippen molar-refractivity contribution in [3.63, 3.8) is 0 Å². The summed E-state index contributed by atoms with van der Waals surface area (Å²) in [5.41, 5.74) is 5.51. The first-order valence-corrected chi connectivity index (χ1v) is 11.3. The maximum atomic E-state index is 12.9. The molecule has 2 aromatic heterocycles. The van der Waals surface area contributed by atoms with Crippen molar-refractivity contribution >= 4 is 34.3 Å². The monoisotopic (exact) mass is 446 g/mol. The molecule has 2 heterocycles. The Kier molecular flexibility index (Phi) is 6.19. The van der Waals surface area contributed by atoms with E-state index in [4.69, 9.17) is 9.72 Å². The Labute approximate surface area is 192 Å². The minimum absolute atomic E-state index is 0.0806. The average Bonchev–Trinajstić information content (AvgIpc) is 3.04. The molecule has 2 aromatic carbocycles. The molecule has 0 aliphatic rings. The fraction of sp³-hybridized carbons (Fsp3) is 0.240. The minimum Gasteiger partial charge on any atom is -0.497 e. The number of thioether (sulfide) groups is 1. The van der Waals surface area contributed by atoms with E-state index in [1.54, 1.807) is 11.8 Å². The van der Waals surface area contributed by atoms with Gasteiger partial charge in [-0.3, -0.25) is 9.48 Å². The summed E-state index contributed by atoms with van der Waals surface area (Å²) in [7, 11) is 3.52. The molecule has 0 aliphatic carbocycles. The third kappa shape index (κ3) is 4.34. The minimum atomic E-state index is -0.340. The summed E-state index contributed by atoms with van der Waals surface area (Å²) >= 11 is 1.44. The van der Waals surface area contributed by atoms with Gasteiger partial charge in [-0.05, 0) is 50.1 Å². The summed E-state index contributed by atoms with van der Waals surface area (Å²) in [5.74, 6) is 0.669. The molecule has 0 saturated heterocycles. The first-order chi connectivity index (χ1) is 15.4. The number of fused-ring (bicyclic) bond motifs is 1. The summed E-state index contributed by atoms with van der Waals surface area (Å²) in [6, 6.07) is 18.2. The van der Waals surface area contributed by atoms with Crippen molar-refractivity contribution < 1.29 is 9.53 Å². The molecule has 32 heavy (non-hydrogen) atoms. The summed E-state index contributed by atoms with van der Waals surface area (Å²) < 4.78 is 7.17. The van der Waals surface area contributed by atoms with E-state index in [1.165, 1.54) is 11.8 Å². The van der Waals surface area contributed by atoms with Crippen molar-refractivity contribution in [2.24, 2.45) is 7.05 Å². The zero-order valence-electron chi connectivity index (χ0n) is 18.8. The van der Waals surface area contributed by atoms with Crippen LogP contribution in [-0.4, -0.2) is 33.0 Å². The number of hydrogen-bond acceptors (Lipinski definition) is 5. The molecule has 1 N–H and O–H groups in total. The van der Waals surface area contributed by atoms with Crippen LogP contribution in [0.15, 0.2) is 59.6 Å². The zero-order valence-corrected chi connectivity index (χ0v) is 19.7. The third-order valence-corrected chi connectivity index (χ3v) is 6.52. The summed E-state index contributed by atoms with van der Waals surface area (Å²) in [4.78, 5) is 17.8. The number of carbonyl (C=O) groups is 1. The van der Waals surface area contributed by atoms with E-state index < -0.39 is 0 Å². The summed E-state index contributed by atoms with van der Waals surface area (Å²) in [6.07, 6.45) is 0. The number of rotatable bonds is 6. The first kappa shape index (κ1) is 21.9. The maximum absolute atomic E-state index is 12.9. The standard InChI is InChI=1S/C25H26N4O2S/c1-15-24(16(2)29(4)28-15)27-25(30)17(3)32-23-14-21(18-9-7-6-8-10-18)20-12-11-19(31-5)13-22(20)26-23/h6-14,17H,1-5H3,(H,27,30). The van der Waals surface area contributed by atoms with Gasteiger partial charge in [0.1, 0.15) is 5.75 Å². The number of pyridine rings is 1. The van der Waals surface area contributed by atoms with Crippen molar-refractivity contribution in [2.75, 3.05) is 12.4 Å². The topological polar surface area (TPSA) is 69.0 Å². The van der Waals surface area contributed by atoms with Crippen LogP contribution < -0.4 is 10.1 Å². The van der Waals surface area contributed by atoms with Gasteiger partial charge in [-0.15, -0.1) is 0 Å². The Balaban J connectivity index is 1.66. The number of methoxy groups -OCH3 is 1. The van der Waals surface area contributed by atoms with Gasteiger partial charge in [0, 0.05) is 18.5 Å². The van der Waals surface area contributed by atoms with Crippen LogP contribution in [0.25, 0.3) is 22.0 Å². The molecule has 0 saturated carbocycles. The Morgan fingerprint density at radius 3 is 2.53 bits per heavy atom. The van der Waals surface area contributed by atoms with Gasteiger partial charge in [-0.1, -0.05) is 42.1 Å². The second-order valence-corrected chi connectivity index (χ2v) is 9.04. The van der Waals surface area contributed by atoms with Gasteiger partial charge in [0.2, 0.25) is 5.91 Å². The summed E-state index contributed by atoms with van der Waals surface area (Å²) in [6.45, 7) is 5.73. The lowest BCUT2D eigenvalue weighted by Crippen LogP contribution is -2.23. The van der Waals surface area contributed by atoms with E-state index in [-0.39, 0.29) is 11.2 Å². The van der Waals surface area contributed by atoms with E-state index in [1.807, 2.05) is 64.2 Å². The maximum Gasteiger partial charge on any atom is 0.237 e. The highest BCUT2D eigenvalue weighted by Gasteiger charge is 2.20. The molecular weight excluding hydrogens is 420 g/mol. The van der Waals surface area contributed by atoms with Gasteiger partial charge in [-0.2, -0.15) is 5.10 Å². The SMILES string of the molecule is COc1ccc2c(-c3ccccc3)cc(SC(C)C(=O)Nc3c(C)nn(C)c3C)nc2c1. The lowest BCUT2D eigenvalue weighted by molar-refractivity contribution is -0.115. The first-order valence-electron chi connectivity index (χ1n) is 10.4. The Morgan fingerprint density at radius 1 is 1.12 bits per heavy atom. The normalized spacial score (nSPS) is 12.0. The molecule has 164 valence electrons. The molecule has 0 bridgehead atoms. The highest BCUT2D eigenvalue weighted by molar-refractivity contribution is 8.00. The number of nitrogens with zero attached hydrogens (tertiary/aromatic N) is 3. The van der Waals surface area contributed by atoms with Crippen LogP contribution in [0, 0.1) is 13.8 Å². The smallest absolute Gasteiger partial charge is 0.237 e. The molecule has 1 amide bonds. The molecule has 1 unspecified atom stereocenters. The Morgan fingerprint density at radius 2 is 1.88 bits per heavy atom. The highest BCUT2D eigenvalue weighted by Crippen LogP contribution is 2.34. The molecule has 0 radical (unpaired) electrons. The molecule has 1 atom stereocenters. The number of benzene rings is 2. The number of nitrogens with one attached hydrogen (secondary N) is 1. The van der Waals surface area contributed by atoms with E-state index in [2.05, 4.69) is 28.6 Å². The van der Waals surface area contributed by atoms with Crippen LogP contribution in [0.5, 0.6) is 5.75 Å². The average molecular weight is 447 g/mol. The summed E-state index contributed by atoms with van der Waals surface area (Å²) in [5, 5.41) is 8.89. The second kappa shape index (κ2) is 9.04. The number of anilines is 1. The molecular formula is C25H26N4O2S. The number of aryl methyl sites for hydroxylation is 2. The number of carbonyl (C=O) groups excluding carboxylic acids is 1. The third-order valence-electron chi connectivity index (χ3n) is 5.50. The van der Waals surface area contributed by atoms with Crippen molar-refractivity contribution in [2.45, 2.75) is 31.0 Å². The Bertz CT molecular complexity index is 1280. The van der Waals surface area contributed by atoms with Gasteiger partial charge >= 0.3 is 0 Å². The lowest BCUT2D eigenvalue weighted by atomic mass is 10.0. The number of aromatic nitrogens is 3. The fourth-order valence-electron chi connectivity index (χ4n) is 3.64. The molecule has 4 rings (SSSR count). The van der Waals surface area contributed by atoms with Crippen molar-refractivity contribution in [3.05, 3.63) is 66.0 Å². The zero-order chi connectivity index (χ0) is 22.8. The second-order valence-electron chi connectivity index (χ2n) is 7.68. The van der Waals surface area contributed by atoms with Gasteiger partial charge in [0.05, 0.1) is 40.0 Å². The number of amides is 1. The van der Waals surface area contributed by atoms with E-state index in [0.29, 0.717) is 0 Å². The van der Waals surface area contributed by atoms with E-state index >= 15 is 0 Å². The number of ether oxygens (including phenoxy) is 1.